The van der Waals surface area contributed by atoms with Crippen molar-refractivity contribution in [2.45, 2.75) is 20.3 Å². The third kappa shape index (κ3) is 4.66. The predicted molar refractivity (Wildman–Crippen MR) is 84.4 cm³/mol. The minimum absolute atomic E-state index is 0.438. The van der Waals surface area contributed by atoms with E-state index in [0.29, 0.717) is 24.1 Å². The number of nitrogen functional groups attached to an aromatic ring is 1. The molecule has 0 spiro atoms. The third-order valence-corrected chi connectivity index (χ3v) is 2.92. The summed E-state index contributed by atoms with van der Waals surface area (Å²) in [6.45, 7) is 5.57. The molecule has 3 N–H and O–H groups in total. The Hall–Kier alpha value is -2.24. The Morgan fingerprint density at radius 2 is 2.19 bits per heavy atom. The fourth-order valence-corrected chi connectivity index (χ4v) is 1.85. The lowest BCUT2D eigenvalue weighted by Gasteiger charge is -2.12. The molecule has 0 aliphatic carbocycles. The first-order valence-electron chi connectivity index (χ1n) is 7.15. The van der Waals surface area contributed by atoms with Crippen molar-refractivity contribution in [3.8, 4) is 5.88 Å². The second-order valence-corrected chi connectivity index (χ2v) is 5.49. The molecule has 0 aliphatic heterocycles. The molecule has 2 heterocycles. The first kappa shape index (κ1) is 15.2. The van der Waals surface area contributed by atoms with E-state index in [9.17, 15) is 0 Å². The number of hydrogen-bond acceptors (Lipinski definition) is 5. The molecule has 0 aromatic carbocycles. The molecular weight excluding hydrogens is 266 g/mol. The molecule has 0 fully saturated rings. The van der Waals surface area contributed by atoms with Crippen molar-refractivity contribution in [3.63, 3.8) is 0 Å². The molecule has 2 rings (SSSR count). The molecule has 2 aromatic heterocycles. The first-order valence-corrected chi connectivity index (χ1v) is 7.15. The fraction of sp³-hybridized carbons (Fsp3) is 0.467. The van der Waals surface area contributed by atoms with E-state index in [1.54, 1.807) is 4.68 Å². The van der Waals surface area contributed by atoms with E-state index >= 15 is 0 Å². The zero-order valence-electron chi connectivity index (χ0n) is 12.8. The van der Waals surface area contributed by atoms with Crippen molar-refractivity contribution < 1.29 is 4.74 Å². The molecule has 0 atom stereocenters. The molecule has 0 radical (unpaired) electrons. The smallest absolute Gasteiger partial charge is 0.239 e. The van der Waals surface area contributed by atoms with E-state index < -0.39 is 0 Å². The van der Waals surface area contributed by atoms with E-state index in [0.717, 1.165) is 18.8 Å². The van der Waals surface area contributed by atoms with Crippen molar-refractivity contribution in [3.05, 3.63) is 30.1 Å². The predicted octanol–water partition coefficient (Wildman–Crippen LogP) is 2.09. The maximum atomic E-state index is 5.87. The van der Waals surface area contributed by atoms with Crippen LogP contribution >= 0.6 is 0 Å². The van der Waals surface area contributed by atoms with E-state index in [1.807, 2.05) is 31.6 Å². The SMILES string of the molecule is CC(C)COc1nc(NCCc2cnn(C)c2)ccc1N. The second-order valence-electron chi connectivity index (χ2n) is 5.49. The van der Waals surface area contributed by atoms with E-state index in [1.165, 1.54) is 5.56 Å². The Morgan fingerprint density at radius 3 is 2.86 bits per heavy atom. The minimum Gasteiger partial charge on any atom is -0.476 e. The van der Waals surface area contributed by atoms with Gasteiger partial charge in [-0.05, 0) is 30.0 Å². The van der Waals surface area contributed by atoms with Crippen molar-refractivity contribution in [1.29, 1.82) is 0 Å². The Morgan fingerprint density at radius 1 is 1.38 bits per heavy atom. The molecule has 0 saturated carbocycles. The van der Waals surface area contributed by atoms with E-state index in [4.69, 9.17) is 10.5 Å². The van der Waals surface area contributed by atoms with Crippen LogP contribution in [0.4, 0.5) is 11.5 Å². The average Bonchev–Trinajstić information content (AvgIpc) is 2.84. The van der Waals surface area contributed by atoms with Crippen LogP contribution in [0.5, 0.6) is 5.88 Å². The number of nitrogens with two attached hydrogens (primary N) is 1. The van der Waals surface area contributed by atoms with Crippen LogP contribution in [0.2, 0.25) is 0 Å². The molecule has 21 heavy (non-hydrogen) atoms. The monoisotopic (exact) mass is 289 g/mol. The van der Waals surface area contributed by atoms with Crippen LogP contribution in [0, 0.1) is 5.92 Å². The lowest BCUT2D eigenvalue weighted by atomic mass is 10.2. The highest BCUT2D eigenvalue weighted by Crippen LogP contribution is 2.21. The highest BCUT2D eigenvalue weighted by molar-refractivity contribution is 5.53. The van der Waals surface area contributed by atoms with Crippen molar-refractivity contribution in [1.82, 2.24) is 14.8 Å². The molecule has 114 valence electrons. The van der Waals surface area contributed by atoms with Gasteiger partial charge < -0.3 is 15.8 Å². The van der Waals surface area contributed by atoms with E-state index in [2.05, 4.69) is 29.2 Å². The van der Waals surface area contributed by atoms with Crippen molar-refractivity contribution in [2.75, 3.05) is 24.2 Å². The van der Waals surface area contributed by atoms with Gasteiger partial charge in [-0.15, -0.1) is 0 Å². The lowest BCUT2D eigenvalue weighted by Crippen LogP contribution is -2.10. The Bertz CT molecular complexity index is 579. The summed E-state index contributed by atoms with van der Waals surface area (Å²) in [5.74, 6) is 1.70. The molecule has 0 saturated heterocycles. The molecule has 0 unspecified atom stereocenters. The fourth-order valence-electron chi connectivity index (χ4n) is 1.85. The van der Waals surface area contributed by atoms with E-state index in [-0.39, 0.29) is 0 Å². The summed E-state index contributed by atoms with van der Waals surface area (Å²) in [6.07, 6.45) is 4.77. The summed E-state index contributed by atoms with van der Waals surface area (Å²) < 4.78 is 7.42. The summed E-state index contributed by atoms with van der Waals surface area (Å²) in [7, 11) is 1.91. The number of nitrogens with zero attached hydrogens (tertiary/aromatic N) is 3. The average molecular weight is 289 g/mol. The number of rotatable bonds is 7. The topological polar surface area (TPSA) is 78.0 Å². The Labute approximate surface area is 125 Å². The van der Waals surface area contributed by atoms with Crippen LogP contribution in [-0.4, -0.2) is 27.9 Å². The lowest BCUT2D eigenvalue weighted by molar-refractivity contribution is 0.263. The van der Waals surface area contributed by atoms with Crippen LogP contribution < -0.4 is 15.8 Å². The van der Waals surface area contributed by atoms with Gasteiger partial charge >= 0.3 is 0 Å². The number of nitrogens with one attached hydrogen (secondary N) is 1. The van der Waals surface area contributed by atoms with Crippen molar-refractivity contribution in [2.24, 2.45) is 13.0 Å². The number of hydrogen-bond donors (Lipinski definition) is 2. The van der Waals surface area contributed by atoms with Gasteiger partial charge in [-0.25, -0.2) is 0 Å². The van der Waals surface area contributed by atoms with Gasteiger partial charge in [0.15, 0.2) is 0 Å². The molecule has 0 amide bonds. The number of aryl methyl sites for hydroxylation is 1. The summed E-state index contributed by atoms with van der Waals surface area (Å²) >= 11 is 0. The summed E-state index contributed by atoms with van der Waals surface area (Å²) in [5.41, 5.74) is 7.63. The summed E-state index contributed by atoms with van der Waals surface area (Å²) in [5, 5.41) is 7.42. The van der Waals surface area contributed by atoms with Crippen LogP contribution in [-0.2, 0) is 13.5 Å². The van der Waals surface area contributed by atoms with Crippen LogP contribution in [0.3, 0.4) is 0 Å². The van der Waals surface area contributed by atoms with Gasteiger partial charge in [-0.3, -0.25) is 4.68 Å². The number of pyridine rings is 1. The highest BCUT2D eigenvalue weighted by atomic mass is 16.5. The zero-order valence-corrected chi connectivity index (χ0v) is 12.8. The summed E-state index contributed by atoms with van der Waals surface area (Å²) in [4.78, 5) is 4.40. The third-order valence-electron chi connectivity index (χ3n) is 2.92. The maximum Gasteiger partial charge on any atom is 0.239 e. The van der Waals surface area contributed by atoms with Crippen molar-refractivity contribution >= 4 is 11.5 Å². The zero-order chi connectivity index (χ0) is 15.2. The number of anilines is 2. The first-order chi connectivity index (χ1) is 10.0. The van der Waals surface area contributed by atoms with Gasteiger partial charge in [0.1, 0.15) is 5.82 Å². The van der Waals surface area contributed by atoms with Crippen LogP contribution in [0.15, 0.2) is 24.5 Å². The minimum atomic E-state index is 0.438. The van der Waals surface area contributed by atoms with Gasteiger partial charge in [-0.2, -0.15) is 10.1 Å². The summed E-state index contributed by atoms with van der Waals surface area (Å²) in [6, 6.07) is 3.68. The largest absolute Gasteiger partial charge is 0.476 e. The molecular formula is C15H23N5O. The van der Waals surface area contributed by atoms with Gasteiger partial charge in [0.05, 0.1) is 18.5 Å². The normalized spacial score (nSPS) is 10.9. The second kappa shape index (κ2) is 6.97. The standard InChI is InChI=1S/C15H23N5O/c1-11(2)10-21-15-13(16)4-5-14(19-15)17-7-6-12-8-18-20(3)9-12/h4-5,8-9,11H,6-7,10,16H2,1-3H3,(H,17,19). The Kier molecular flexibility index (Phi) is 5.03. The molecule has 0 bridgehead atoms. The number of aromatic nitrogens is 3. The number of ether oxygens (including phenoxy) is 1. The van der Waals surface area contributed by atoms with Crippen LogP contribution in [0.25, 0.3) is 0 Å². The Balaban J connectivity index is 1.89. The van der Waals surface area contributed by atoms with Gasteiger partial charge in [0, 0.05) is 19.8 Å². The van der Waals surface area contributed by atoms with Gasteiger partial charge in [0.2, 0.25) is 5.88 Å². The molecule has 6 heteroatoms. The van der Waals surface area contributed by atoms with Gasteiger partial charge in [0.25, 0.3) is 0 Å². The quantitative estimate of drug-likeness (QED) is 0.816. The maximum absolute atomic E-state index is 5.87. The molecule has 6 nitrogen and oxygen atoms in total. The molecule has 2 aromatic rings. The highest BCUT2D eigenvalue weighted by Gasteiger charge is 2.06. The van der Waals surface area contributed by atoms with Crippen LogP contribution in [0.1, 0.15) is 19.4 Å². The van der Waals surface area contributed by atoms with Gasteiger partial charge in [-0.1, -0.05) is 13.8 Å². The molecule has 0 aliphatic rings.